The van der Waals surface area contributed by atoms with E-state index in [0.717, 1.165) is 37.4 Å². The molecule has 0 saturated carbocycles. The Morgan fingerprint density at radius 3 is 2.43 bits per heavy atom. The second-order valence-electron chi connectivity index (χ2n) is 4.59. The Labute approximate surface area is 131 Å². The highest BCUT2D eigenvalue weighted by molar-refractivity contribution is 9.10. The van der Waals surface area contributed by atoms with Crippen molar-refractivity contribution in [3.05, 3.63) is 63.1 Å². The zero-order valence-electron chi connectivity index (χ0n) is 10.6. The minimum atomic E-state index is -4.29. The van der Waals surface area contributed by atoms with Crippen LogP contribution in [0.1, 0.15) is 16.1 Å². The molecule has 0 unspecified atom stereocenters. The maximum absolute atomic E-state index is 12.5. The van der Waals surface area contributed by atoms with Crippen molar-refractivity contribution in [2.45, 2.75) is 12.6 Å². The summed E-state index contributed by atoms with van der Waals surface area (Å²) in [5.41, 5.74) is 1.09. The fraction of sp³-hybridized carbons (Fsp3) is 0.133. The Bertz CT molecular complexity index is 778. The third-order valence-electron chi connectivity index (χ3n) is 3.03. The number of thiazole rings is 1. The van der Waals surface area contributed by atoms with Crippen LogP contribution in [-0.4, -0.2) is 4.98 Å². The number of hydrogen-bond donors (Lipinski definition) is 0. The highest BCUT2D eigenvalue weighted by Crippen LogP contribution is 2.30. The summed E-state index contributed by atoms with van der Waals surface area (Å²) in [5, 5.41) is 0.892. The van der Waals surface area contributed by atoms with Crippen molar-refractivity contribution in [2.24, 2.45) is 0 Å². The van der Waals surface area contributed by atoms with Gasteiger partial charge in [0.25, 0.3) is 0 Å². The molecule has 6 heteroatoms. The molecule has 1 aromatic heterocycles. The monoisotopic (exact) mass is 371 g/mol. The van der Waals surface area contributed by atoms with Crippen LogP contribution >= 0.6 is 27.3 Å². The Hall–Kier alpha value is -1.40. The normalized spacial score (nSPS) is 12.0. The van der Waals surface area contributed by atoms with E-state index >= 15 is 0 Å². The second-order valence-corrected chi connectivity index (χ2v) is 6.62. The summed E-state index contributed by atoms with van der Waals surface area (Å²) in [5.74, 6) is 0. The largest absolute Gasteiger partial charge is 0.416 e. The summed E-state index contributed by atoms with van der Waals surface area (Å²) in [6.45, 7) is 0. The molecule has 0 aliphatic rings. The van der Waals surface area contributed by atoms with Gasteiger partial charge in [-0.1, -0.05) is 28.1 Å². The van der Waals surface area contributed by atoms with Gasteiger partial charge in [0.1, 0.15) is 0 Å². The number of hydrogen-bond acceptors (Lipinski definition) is 2. The minimum Gasteiger partial charge on any atom is -0.241 e. The number of benzene rings is 2. The van der Waals surface area contributed by atoms with Gasteiger partial charge in [-0.3, -0.25) is 0 Å². The molecule has 1 heterocycles. The molecule has 0 atom stereocenters. The van der Waals surface area contributed by atoms with Crippen LogP contribution in [0, 0.1) is 0 Å². The Kier molecular flexibility index (Phi) is 3.75. The lowest BCUT2D eigenvalue weighted by molar-refractivity contribution is -0.137. The molecule has 3 rings (SSSR count). The van der Waals surface area contributed by atoms with Gasteiger partial charge in [0.15, 0.2) is 0 Å². The number of aromatic nitrogens is 1. The molecule has 0 saturated heterocycles. The number of nitrogens with zero attached hydrogens (tertiary/aromatic N) is 1. The SMILES string of the molecule is FC(F)(F)c1ccc(Cc2nc3cc(Br)ccc3s2)cc1. The van der Waals surface area contributed by atoms with Crippen molar-refractivity contribution < 1.29 is 13.2 Å². The van der Waals surface area contributed by atoms with Crippen LogP contribution in [0.2, 0.25) is 0 Å². The summed E-state index contributed by atoms with van der Waals surface area (Å²) in [4.78, 5) is 4.51. The molecule has 21 heavy (non-hydrogen) atoms. The van der Waals surface area contributed by atoms with E-state index in [9.17, 15) is 13.2 Å². The van der Waals surface area contributed by atoms with Crippen LogP contribution in [0.3, 0.4) is 0 Å². The topological polar surface area (TPSA) is 12.9 Å². The summed E-state index contributed by atoms with van der Waals surface area (Å²) in [6.07, 6.45) is -3.75. The average molecular weight is 372 g/mol. The van der Waals surface area contributed by atoms with Crippen molar-refractivity contribution in [1.29, 1.82) is 0 Å². The van der Waals surface area contributed by atoms with Crippen molar-refractivity contribution in [3.8, 4) is 0 Å². The molecule has 0 aliphatic carbocycles. The van der Waals surface area contributed by atoms with Crippen LogP contribution < -0.4 is 0 Å². The Morgan fingerprint density at radius 2 is 1.76 bits per heavy atom. The average Bonchev–Trinajstić information content (AvgIpc) is 2.79. The van der Waals surface area contributed by atoms with E-state index in [-0.39, 0.29) is 0 Å². The van der Waals surface area contributed by atoms with E-state index in [1.54, 1.807) is 11.3 Å². The molecular weight excluding hydrogens is 363 g/mol. The first-order valence-electron chi connectivity index (χ1n) is 6.13. The van der Waals surface area contributed by atoms with E-state index in [1.807, 2.05) is 18.2 Å². The highest BCUT2D eigenvalue weighted by Gasteiger charge is 2.29. The summed E-state index contributed by atoms with van der Waals surface area (Å²) < 4.78 is 39.6. The fourth-order valence-corrected chi connectivity index (χ4v) is 3.34. The number of fused-ring (bicyclic) bond motifs is 1. The van der Waals surface area contributed by atoms with E-state index < -0.39 is 11.7 Å². The number of alkyl halides is 3. The number of halogens is 4. The van der Waals surface area contributed by atoms with Gasteiger partial charge in [-0.2, -0.15) is 13.2 Å². The fourth-order valence-electron chi connectivity index (χ4n) is 2.01. The van der Waals surface area contributed by atoms with Crippen molar-refractivity contribution in [3.63, 3.8) is 0 Å². The number of rotatable bonds is 2. The maximum atomic E-state index is 12.5. The molecular formula is C15H9BrF3NS. The van der Waals surface area contributed by atoms with E-state index in [1.165, 1.54) is 12.1 Å². The molecule has 0 N–H and O–H groups in total. The van der Waals surface area contributed by atoms with E-state index in [4.69, 9.17) is 0 Å². The van der Waals surface area contributed by atoms with Crippen LogP contribution in [-0.2, 0) is 12.6 Å². The second kappa shape index (κ2) is 5.42. The lowest BCUT2D eigenvalue weighted by Gasteiger charge is -2.06. The standard InChI is InChI=1S/C15H9BrF3NS/c16-11-5-6-13-12(8-11)20-14(21-13)7-9-1-3-10(4-2-9)15(17,18)19/h1-6,8H,7H2. The van der Waals surface area contributed by atoms with Gasteiger partial charge >= 0.3 is 6.18 Å². The van der Waals surface area contributed by atoms with Crippen molar-refractivity contribution in [2.75, 3.05) is 0 Å². The van der Waals surface area contributed by atoms with Gasteiger partial charge < -0.3 is 0 Å². The van der Waals surface area contributed by atoms with Crippen LogP contribution in [0.15, 0.2) is 46.9 Å². The van der Waals surface area contributed by atoms with Gasteiger partial charge in [-0.15, -0.1) is 11.3 Å². The van der Waals surface area contributed by atoms with Crippen LogP contribution in [0.25, 0.3) is 10.2 Å². The molecule has 2 aromatic carbocycles. The molecule has 1 nitrogen and oxygen atoms in total. The summed E-state index contributed by atoms with van der Waals surface area (Å²) >= 11 is 4.95. The minimum absolute atomic E-state index is 0.537. The van der Waals surface area contributed by atoms with Gasteiger partial charge in [-0.25, -0.2) is 4.98 Å². The molecule has 108 valence electrons. The van der Waals surface area contributed by atoms with Gasteiger partial charge in [0.05, 0.1) is 20.8 Å². The predicted molar refractivity (Wildman–Crippen MR) is 81.6 cm³/mol. The third-order valence-corrected chi connectivity index (χ3v) is 4.56. The first kappa shape index (κ1) is 14.5. The molecule has 3 aromatic rings. The Morgan fingerprint density at radius 1 is 1.05 bits per heavy atom. The first-order chi connectivity index (χ1) is 9.91. The first-order valence-corrected chi connectivity index (χ1v) is 7.74. The van der Waals surface area contributed by atoms with E-state index in [2.05, 4.69) is 20.9 Å². The zero-order valence-corrected chi connectivity index (χ0v) is 13.0. The quantitative estimate of drug-likeness (QED) is 0.565. The zero-order chi connectivity index (χ0) is 15.0. The van der Waals surface area contributed by atoms with Crippen molar-refractivity contribution >= 4 is 37.5 Å². The molecule has 0 bridgehead atoms. The summed E-state index contributed by atoms with van der Waals surface area (Å²) in [6, 6.07) is 11.1. The molecule has 0 spiro atoms. The van der Waals surface area contributed by atoms with Crippen LogP contribution in [0.5, 0.6) is 0 Å². The lowest BCUT2D eigenvalue weighted by Crippen LogP contribution is -2.04. The van der Waals surface area contributed by atoms with Gasteiger partial charge in [-0.05, 0) is 35.9 Å². The highest BCUT2D eigenvalue weighted by atomic mass is 79.9. The molecule has 0 radical (unpaired) electrons. The van der Waals surface area contributed by atoms with Gasteiger partial charge in [0, 0.05) is 10.9 Å². The van der Waals surface area contributed by atoms with Crippen LogP contribution in [0.4, 0.5) is 13.2 Å². The van der Waals surface area contributed by atoms with Crippen molar-refractivity contribution in [1.82, 2.24) is 4.98 Å². The molecule has 0 amide bonds. The smallest absolute Gasteiger partial charge is 0.241 e. The third kappa shape index (κ3) is 3.27. The summed E-state index contributed by atoms with van der Waals surface area (Å²) in [7, 11) is 0. The molecule has 0 fully saturated rings. The van der Waals surface area contributed by atoms with E-state index in [0.29, 0.717) is 6.42 Å². The van der Waals surface area contributed by atoms with Gasteiger partial charge in [0.2, 0.25) is 0 Å². The predicted octanol–water partition coefficient (Wildman–Crippen LogP) is 5.67. The Balaban J connectivity index is 1.84. The lowest BCUT2D eigenvalue weighted by atomic mass is 10.1. The maximum Gasteiger partial charge on any atom is 0.416 e. The molecule has 0 aliphatic heterocycles.